The van der Waals surface area contributed by atoms with Gasteiger partial charge in [0.15, 0.2) is 17.7 Å². The monoisotopic (exact) mass is 616 g/mol. The summed E-state index contributed by atoms with van der Waals surface area (Å²) in [5, 5.41) is 13.9. The van der Waals surface area contributed by atoms with E-state index >= 15 is 0 Å². The van der Waals surface area contributed by atoms with Crippen molar-refractivity contribution in [2.75, 3.05) is 40.3 Å². The number of nitrogens with two attached hydrogens (primary N) is 3. The van der Waals surface area contributed by atoms with Gasteiger partial charge in [-0.15, -0.1) is 0 Å². The average molecular weight is 617 g/mol. The van der Waals surface area contributed by atoms with Gasteiger partial charge in [-0.05, 0) is 57.5 Å². The Morgan fingerprint density at radius 3 is 1.81 bits per heavy atom. The SMILES string of the molecule is CN=C(N)NCCC[C@H](CC(=O)[C@H](CCCNC(N)=NC)NC(=O)CCCCNC(=O)NCCC[Si](C)(O)O)C(N)=O. The molecule has 42 heavy (non-hydrogen) atoms. The first-order valence-corrected chi connectivity index (χ1v) is 16.9. The van der Waals surface area contributed by atoms with Crippen LogP contribution in [0.25, 0.3) is 0 Å². The van der Waals surface area contributed by atoms with Gasteiger partial charge in [0.05, 0.1) is 6.04 Å². The predicted octanol–water partition coefficient (Wildman–Crippen LogP) is -1.92. The average Bonchev–Trinajstić information content (AvgIpc) is 2.92. The molecule has 0 heterocycles. The van der Waals surface area contributed by atoms with E-state index in [0.29, 0.717) is 71.1 Å². The Kier molecular flexibility index (Phi) is 20.4. The molecule has 13 N–H and O–H groups in total. The van der Waals surface area contributed by atoms with Gasteiger partial charge in [0, 0.05) is 59.0 Å². The van der Waals surface area contributed by atoms with Crippen LogP contribution in [0.5, 0.6) is 0 Å². The van der Waals surface area contributed by atoms with E-state index in [1.54, 1.807) is 14.1 Å². The molecule has 242 valence electrons. The lowest BCUT2D eigenvalue weighted by Gasteiger charge is -2.21. The summed E-state index contributed by atoms with van der Waals surface area (Å²) in [5.74, 6) is -1.32. The van der Waals surface area contributed by atoms with Crippen molar-refractivity contribution >= 4 is 44.1 Å². The molecule has 0 spiro atoms. The van der Waals surface area contributed by atoms with E-state index in [-0.39, 0.29) is 48.5 Å². The second-order valence-electron chi connectivity index (χ2n) is 10.2. The highest BCUT2D eigenvalue weighted by Crippen LogP contribution is 2.15. The van der Waals surface area contributed by atoms with Gasteiger partial charge in [0.25, 0.3) is 0 Å². The van der Waals surface area contributed by atoms with Gasteiger partial charge >= 0.3 is 14.6 Å². The van der Waals surface area contributed by atoms with Crippen LogP contribution >= 0.6 is 0 Å². The van der Waals surface area contributed by atoms with Crippen molar-refractivity contribution in [1.82, 2.24) is 26.6 Å². The quantitative estimate of drug-likeness (QED) is 0.0278. The van der Waals surface area contributed by atoms with E-state index in [0.717, 1.165) is 0 Å². The molecule has 4 amide bonds. The Hall–Kier alpha value is -3.44. The number of carbonyl (C=O) groups excluding carboxylic acids is 4. The maximum absolute atomic E-state index is 13.2. The summed E-state index contributed by atoms with van der Waals surface area (Å²) in [4.78, 5) is 76.0. The van der Waals surface area contributed by atoms with Crippen molar-refractivity contribution in [1.29, 1.82) is 0 Å². The summed E-state index contributed by atoms with van der Waals surface area (Å²) in [6.07, 6.45) is 3.34. The fourth-order valence-corrected chi connectivity index (χ4v) is 4.70. The number of amides is 4. The lowest BCUT2D eigenvalue weighted by molar-refractivity contribution is -0.131. The van der Waals surface area contributed by atoms with Gasteiger partial charge in [-0.3, -0.25) is 24.4 Å². The summed E-state index contributed by atoms with van der Waals surface area (Å²) in [6, 6.07) is -0.892. The summed E-state index contributed by atoms with van der Waals surface area (Å²) >= 11 is 0. The number of ketones is 1. The van der Waals surface area contributed by atoms with Crippen LogP contribution in [-0.4, -0.2) is 100 Å². The van der Waals surface area contributed by atoms with Crippen molar-refractivity contribution < 1.29 is 28.8 Å². The fraction of sp³-hybridized carbons (Fsp3) is 0.760. The number of hydrogen-bond donors (Lipinski definition) is 10. The van der Waals surface area contributed by atoms with Crippen molar-refractivity contribution in [2.24, 2.45) is 33.1 Å². The smallest absolute Gasteiger partial charge is 0.329 e. The molecule has 0 saturated heterocycles. The topological polar surface area (TPSA) is 272 Å². The molecule has 0 aromatic carbocycles. The van der Waals surface area contributed by atoms with Crippen LogP contribution < -0.4 is 43.8 Å². The molecule has 0 fully saturated rings. The number of urea groups is 1. The lowest BCUT2D eigenvalue weighted by atomic mass is 9.92. The molecule has 0 unspecified atom stereocenters. The van der Waals surface area contributed by atoms with E-state index in [1.165, 1.54) is 6.55 Å². The highest BCUT2D eigenvalue weighted by atomic mass is 28.4. The maximum atomic E-state index is 13.2. The van der Waals surface area contributed by atoms with E-state index < -0.39 is 26.4 Å². The van der Waals surface area contributed by atoms with Crippen molar-refractivity contribution in [2.45, 2.75) is 76.4 Å². The Balaban J connectivity index is 4.76. The van der Waals surface area contributed by atoms with Crippen LogP contribution in [0.3, 0.4) is 0 Å². The molecule has 0 aromatic heterocycles. The van der Waals surface area contributed by atoms with Crippen molar-refractivity contribution in [3.63, 3.8) is 0 Å². The molecular formula is C25H52N10O6Si. The number of rotatable bonds is 22. The fourth-order valence-electron chi connectivity index (χ4n) is 3.86. The second-order valence-corrected chi connectivity index (χ2v) is 13.1. The molecule has 0 aliphatic rings. The zero-order valence-corrected chi connectivity index (χ0v) is 26.2. The molecule has 17 heteroatoms. The third-order valence-electron chi connectivity index (χ3n) is 6.30. The second kappa shape index (κ2) is 22.2. The number of carbonyl (C=O) groups is 4. The van der Waals surface area contributed by atoms with Gasteiger partial charge < -0.3 is 53.4 Å². The Labute approximate surface area is 249 Å². The van der Waals surface area contributed by atoms with Gasteiger partial charge in [0.2, 0.25) is 11.8 Å². The minimum Gasteiger partial charge on any atom is -0.411 e. The summed E-state index contributed by atoms with van der Waals surface area (Å²) in [6.45, 7) is 3.01. The summed E-state index contributed by atoms with van der Waals surface area (Å²) in [5.41, 5.74) is 16.8. The number of nitrogens with zero attached hydrogens (tertiary/aromatic N) is 2. The number of aliphatic imine (C=N–C) groups is 2. The van der Waals surface area contributed by atoms with Crippen LogP contribution in [0.4, 0.5) is 4.79 Å². The Morgan fingerprint density at radius 2 is 1.29 bits per heavy atom. The highest BCUT2D eigenvalue weighted by Gasteiger charge is 2.26. The first-order chi connectivity index (χ1) is 19.8. The number of unbranched alkanes of at least 4 members (excludes halogenated alkanes) is 1. The summed E-state index contributed by atoms with van der Waals surface area (Å²) < 4.78 is 0. The number of guanidine groups is 2. The van der Waals surface area contributed by atoms with E-state index in [1.807, 2.05) is 0 Å². The normalized spacial score (nSPS) is 13.5. The predicted molar refractivity (Wildman–Crippen MR) is 165 cm³/mol. The standard InChI is InChI=1S/C25H52N10O6Si/c1-29-23(27)31-13-6-9-18(22(26)38)17-20(36)19(10-7-14-32-24(28)30-2)35-21(37)11-4-5-12-33-25(39)34-15-8-16-42(3,40)41/h18-19,40-41H,4-17H2,1-3H3,(H2,26,38)(H,35,37)(H3,27,29,31)(H3,28,30,32)(H2,33,34,39)/t18-,19+/m1/s1. The third kappa shape index (κ3) is 21.3. The third-order valence-corrected chi connectivity index (χ3v) is 7.60. The molecule has 2 atom stereocenters. The molecular weight excluding hydrogens is 564 g/mol. The van der Waals surface area contributed by atoms with Crippen LogP contribution in [0.15, 0.2) is 9.98 Å². The minimum atomic E-state index is -3.11. The summed E-state index contributed by atoms with van der Waals surface area (Å²) in [7, 11) is -0.0118. The first-order valence-electron chi connectivity index (χ1n) is 14.3. The molecule has 0 radical (unpaired) electrons. The lowest BCUT2D eigenvalue weighted by Crippen LogP contribution is -2.43. The first kappa shape index (κ1) is 38.6. The zero-order valence-electron chi connectivity index (χ0n) is 25.2. The van der Waals surface area contributed by atoms with Crippen LogP contribution in [-0.2, 0) is 14.4 Å². The van der Waals surface area contributed by atoms with E-state index in [2.05, 4.69) is 36.6 Å². The number of hydrogen-bond acceptors (Lipinski definition) is 8. The molecule has 0 aromatic rings. The largest absolute Gasteiger partial charge is 0.411 e. The highest BCUT2D eigenvalue weighted by molar-refractivity contribution is 6.63. The van der Waals surface area contributed by atoms with Crippen molar-refractivity contribution in [3.8, 4) is 0 Å². The Morgan fingerprint density at radius 1 is 0.762 bits per heavy atom. The van der Waals surface area contributed by atoms with Crippen LogP contribution in [0.2, 0.25) is 12.6 Å². The van der Waals surface area contributed by atoms with Crippen LogP contribution in [0, 0.1) is 5.92 Å². The van der Waals surface area contributed by atoms with Gasteiger partial charge in [0.1, 0.15) is 0 Å². The minimum absolute atomic E-state index is 0.0965. The molecule has 0 bridgehead atoms. The number of nitrogens with one attached hydrogen (secondary N) is 5. The molecule has 16 nitrogen and oxygen atoms in total. The number of Topliss-reactive ketones (excluding diaryl/α,β-unsaturated/α-hetero) is 1. The van der Waals surface area contributed by atoms with Crippen molar-refractivity contribution in [3.05, 3.63) is 0 Å². The molecule has 0 saturated carbocycles. The Bertz CT molecular complexity index is 897. The maximum Gasteiger partial charge on any atom is 0.329 e. The van der Waals surface area contributed by atoms with Gasteiger partial charge in [-0.2, -0.15) is 0 Å². The molecule has 0 aliphatic carbocycles. The number of primary amides is 1. The van der Waals surface area contributed by atoms with E-state index in [9.17, 15) is 28.8 Å². The van der Waals surface area contributed by atoms with Gasteiger partial charge in [-0.25, -0.2) is 4.79 Å². The van der Waals surface area contributed by atoms with E-state index in [4.69, 9.17) is 17.2 Å². The zero-order chi connectivity index (χ0) is 32.0. The van der Waals surface area contributed by atoms with Crippen LogP contribution in [0.1, 0.15) is 57.8 Å². The van der Waals surface area contributed by atoms with Gasteiger partial charge in [-0.1, -0.05) is 0 Å². The molecule has 0 aliphatic heterocycles. The molecule has 0 rings (SSSR count).